The van der Waals surface area contributed by atoms with Gasteiger partial charge in [0.05, 0.1) is 25.2 Å². The predicted octanol–water partition coefficient (Wildman–Crippen LogP) is 16.1. The summed E-state index contributed by atoms with van der Waals surface area (Å²) < 4.78 is 5.94. The molecule has 60 heavy (non-hydrogen) atoms. The quantitative estimate of drug-likeness (QED) is 0.0322. The number of aliphatic hydroxyl groups is 2. The number of carbonyl (C=O) groups excluding carboxylic acids is 2. The molecule has 3 unspecified atom stereocenters. The van der Waals surface area contributed by atoms with Gasteiger partial charge in [-0.1, -0.05) is 245 Å². The molecule has 0 spiro atoms. The van der Waals surface area contributed by atoms with E-state index >= 15 is 0 Å². The average Bonchev–Trinajstić information content (AvgIpc) is 3.24. The molecule has 6 heteroatoms. The molecule has 0 fully saturated rings. The largest absolute Gasteiger partial charge is 0.462 e. The first-order valence-electron chi connectivity index (χ1n) is 26.9. The molecule has 0 saturated carbocycles. The maximum atomic E-state index is 13.2. The second-order valence-corrected chi connectivity index (χ2v) is 18.6. The number of allylic oxidation sites excluding steroid dienone is 2. The number of nitrogens with one attached hydrogen (secondary N) is 1. The van der Waals surface area contributed by atoms with E-state index in [1.54, 1.807) is 0 Å². The van der Waals surface area contributed by atoms with Crippen molar-refractivity contribution in [3.63, 3.8) is 0 Å². The number of rotatable bonds is 49. The SMILES string of the molecule is CCCCCCCC/C=C\CCCCCC(=O)OC(CCCCCCCCCCCCCCCCCCC)CC(=O)NC(CO)C(O)CCCCCCCCCCCCC. The van der Waals surface area contributed by atoms with Crippen LogP contribution >= 0.6 is 0 Å². The minimum Gasteiger partial charge on any atom is -0.462 e. The van der Waals surface area contributed by atoms with E-state index in [9.17, 15) is 19.8 Å². The smallest absolute Gasteiger partial charge is 0.306 e. The monoisotopic (exact) mass is 848 g/mol. The Kier molecular flexibility index (Phi) is 47.5. The topological polar surface area (TPSA) is 95.9 Å². The fourth-order valence-corrected chi connectivity index (χ4v) is 8.49. The molecule has 0 aliphatic rings. The molecular weight excluding hydrogens is 743 g/mol. The van der Waals surface area contributed by atoms with Gasteiger partial charge in [-0.25, -0.2) is 0 Å². The van der Waals surface area contributed by atoms with E-state index in [0.717, 1.165) is 51.4 Å². The van der Waals surface area contributed by atoms with E-state index in [0.29, 0.717) is 19.3 Å². The van der Waals surface area contributed by atoms with Gasteiger partial charge in [-0.3, -0.25) is 9.59 Å². The molecule has 0 aromatic rings. The van der Waals surface area contributed by atoms with Crippen LogP contribution in [0, 0.1) is 0 Å². The molecule has 0 aliphatic carbocycles. The van der Waals surface area contributed by atoms with Crippen LogP contribution in [0.5, 0.6) is 0 Å². The Hall–Kier alpha value is -1.40. The lowest BCUT2D eigenvalue weighted by atomic mass is 10.0. The molecule has 0 aromatic carbocycles. The van der Waals surface area contributed by atoms with Gasteiger partial charge < -0.3 is 20.3 Å². The summed E-state index contributed by atoms with van der Waals surface area (Å²) in [7, 11) is 0. The van der Waals surface area contributed by atoms with Crippen molar-refractivity contribution in [2.24, 2.45) is 0 Å². The zero-order valence-electron chi connectivity index (χ0n) is 40.6. The highest BCUT2D eigenvalue weighted by atomic mass is 16.5. The zero-order chi connectivity index (χ0) is 43.8. The number of amides is 1. The molecule has 0 aliphatic heterocycles. The summed E-state index contributed by atoms with van der Waals surface area (Å²) >= 11 is 0. The lowest BCUT2D eigenvalue weighted by Crippen LogP contribution is -2.46. The van der Waals surface area contributed by atoms with Crippen LogP contribution in [0.25, 0.3) is 0 Å². The Labute approximate surface area is 374 Å². The second-order valence-electron chi connectivity index (χ2n) is 18.6. The summed E-state index contributed by atoms with van der Waals surface area (Å²) in [4.78, 5) is 26.1. The molecule has 6 nitrogen and oxygen atoms in total. The molecule has 0 bridgehead atoms. The Morgan fingerprint density at radius 1 is 0.467 bits per heavy atom. The third kappa shape index (κ3) is 43.3. The highest BCUT2D eigenvalue weighted by Crippen LogP contribution is 2.19. The fraction of sp³-hybridized carbons (Fsp3) is 0.926. The summed E-state index contributed by atoms with van der Waals surface area (Å²) in [5.74, 6) is -0.474. The lowest BCUT2D eigenvalue weighted by Gasteiger charge is -2.24. The Bertz CT molecular complexity index is 909. The maximum absolute atomic E-state index is 13.2. The Balaban J connectivity index is 4.54. The van der Waals surface area contributed by atoms with Crippen molar-refractivity contribution in [3.8, 4) is 0 Å². The van der Waals surface area contributed by atoms with Crippen molar-refractivity contribution in [1.29, 1.82) is 0 Å². The van der Waals surface area contributed by atoms with Crippen molar-refractivity contribution < 1.29 is 24.5 Å². The lowest BCUT2D eigenvalue weighted by molar-refractivity contribution is -0.151. The van der Waals surface area contributed by atoms with Gasteiger partial charge in [-0.2, -0.15) is 0 Å². The number of carbonyl (C=O) groups is 2. The van der Waals surface area contributed by atoms with Gasteiger partial charge >= 0.3 is 5.97 Å². The van der Waals surface area contributed by atoms with Crippen molar-refractivity contribution in [2.75, 3.05) is 6.61 Å². The number of hydrogen-bond donors (Lipinski definition) is 3. The highest BCUT2D eigenvalue weighted by molar-refractivity contribution is 5.77. The molecule has 0 radical (unpaired) electrons. The molecule has 0 rings (SSSR count). The summed E-state index contributed by atoms with van der Waals surface area (Å²) in [5.41, 5.74) is 0. The highest BCUT2D eigenvalue weighted by Gasteiger charge is 2.24. The van der Waals surface area contributed by atoms with E-state index in [2.05, 4.69) is 38.2 Å². The van der Waals surface area contributed by atoms with Gasteiger partial charge in [0, 0.05) is 6.42 Å². The Morgan fingerprint density at radius 2 is 0.800 bits per heavy atom. The van der Waals surface area contributed by atoms with Gasteiger partial charge in [0.2, 0.25) is 5.91 Å². The van der Waals surface area contributed by atoms with Gasteiger partial charge in [0.1, 0.15) is 6.10 Å². The van der Waals surface area contributed by atoms with Crippen molar-refractivity contribution in [2.45, 2.75) is 315 Å². The number of hydrogen-bond acceptors (Lipinski definition) is 5. The van der Waals surface area contributed by atoms with E-state index in [-0.39, 0.29) is 24.9 Å². The molecule has 0 aromatic heterocycles. The van der Waals surface area contributed by atoms with Crippen LogP contribution in [0.15, 0.2) is 12.2 Å². The first kappa shape index (κ1) is 58.6. The standard InChI is InChI=1S/C54H105NO5/c1-4-7-10-13-16-19-22-24-25-26-27-29-31-33-36-39-42-45-50(60-54(59)47-44-41-38-35-32-28-23-20-17-14-11-8-5-2)48-53(58)55-51(49-56)52(57)46-43-40-37-34-30-21-18-15-12-9-6-3/h28,32,50-52,56-57H,4-27,29-31,33-49H2,1-3H3,(H,55,58)/b32-28-. The number of ether oxygens (including phenoxy) is 1. The molecule has 356 valence electrons. The van der Waals surface area contributed by atoms with Crippen LogP contribution in [0.1, 0.15) is 297 Å². The van der Waals surface area contributed by atoms with E-state index in [1.807, 2.05) is 0 Å². The Morgan fingerprint density at radius 3 is 1.18 bits per heavy atom. The van der Waals surface area contributed by atoms with E-state index in [1.165, 1.54) is 199 Å². The van der Waals surface area contributed by atoms with Gasteiger partial charge in [-0.15, -0.1) is 0 Å². The van der Waals surface area contributed by atoms with Crippen LogP contribution < -0.4 is 5.32 Å². The first-order valence-corrected chi connectivity index (χ1v) is 26.9. The summed E-state index contributed by atoms with van der Waals surface area (Å²) in [5, 5.41) is 23.8. The molecule has 0 heterocycles. The van der Waals surface area contributed by atoms with Crippen LogP contribution in [-0.4, -0.2) is 46.9 Å². The third-order valence-corrected chi connectivity index (χ3v) is 12.6. The molecule has 3 N–H and O–H groups in total. The van der Waals surface area contributed by atoms with Crippen LogP contribution in [0.2, 0.25) is 0 Å². The second kappa shape index (κ2) is 48.6. The molecular formula is C54H105NO5. The minimum atomic E-state index is -0.783. The number of esters is 1. The van der Waals surface area contributed by atoms with Gasteiger partial charge in [0.15, 0.2) is 0 Å². The summed E-state index contributed by atoms with van der Waals surface area (Å²) in [6, 6.07) is -0.697. The van der Waals surface area contributed by atoms with Crippen molar-refractivity contribution in [1.82, 2.24) is 5.32 Å². The van der Waals surface area contributed by atoms with Gasteiger partial charge in [0.25, 0.3) is 0 Å². The van der Waals surface area contributed by atoms with E-state index < -0.39 is 18.2 Å². The van der Waals surface area contributed by atoms with Crippen LogP contribution in [-0.2, 0) is 14.3 Å². The normalized spacial score (nSPS) is 13.2. The van der Waals surface area contributed by atoms with E-state index in [4.69, 9.17) is 4.74 Å². The summed E-state index contributed by atoms with van der Waals surface area (Å²) in [6.07, 6.45) is 54.2. The molecule has 0 saturated heterocycles. The van der Waals surface area contributed by atoms with Crippen molar-refractivity contribution >= 4 is 11.9 Å². The maximum Gasteiger partial charge on any atom is 0.306 e. The van der Waals surface area contributed by atoms with Gasteiger partial charge in [-0.05, 0) is 51.4 Å². The third-order valence-electron chi connectivity index (χ3n) is 12.6. The fourth-order valence-electron chi connectivity index (χ4n) is 8.49. The minimum absolute atomic E-state index is 0.0790. The molecule has 1 amide bonds. The number of unbranched alkanes of at least 4 members (excludes halogenated alkanes) is 35. The van der Waals surface area contributed by atoms with Crippen LogP contribution in [0.4, 0.5) is 0 Å². The first-order chi connectivity index (χ1) is 29.5. The summed E-state index contributed by atoms with van der Waals surface area (Å²) in [6.45, 7) is 6.50. The van der Waals surface area contributed by atoms with Crippen LogP contribution in [0.3, 0.4) is 0 Å². The molecule has 3 atom stereocenters. The average molecular weight is 848 g/mol. The zero-order valence-corrected chi connectivity index (χ0v) is 40.6. The predicted molar refractivity (Wildman–Crippen MR) is 260 cm³/mol. The van der Waals surface area contributed by atoms with Crippen molar-refractivity contribution in [3.05, 3.63) is 12.2 Å². The number of aliphatic hydroxyl groups excluding tert-OH is 2.